The molecule has 0 aliphatic carbocycles. The molecular formula is C14H21NO3S. The number of hydrogen-bond donors (Lipinski definition) is 1. The van der Waals surface area contributed by atoms with E-state index in [1.165, 1.54) is 4.88 Å². The van der Waals surface area contributed by atoms with Crippen molar-refractivity contribution in [3.8, 4) is 12.3 Å². The van der Waals surface area contributed by atoms with Crippen molar-refractivity contribution < 1.29 is 14.6 Å². The Morgan fingerprint density at radius 2 is 2.42 bits per heavy atom. The Kier molecular flexibility index (Phi) is 8.47. The minimum atomic E-state index is -0.537. The van der Waals surface area contributed by atoms with E-state index >= 15 is 0 Å². The summed E-state index contributed by atoms with van der Waals surface area (Å²) in [7, 11) is 1.68. The van der Waals surface area contributed by atoms with Crippen molar-refractivity contribution in [3.05, 3.63) is 22.4 Å². The second-order valence-corrected chi connectivity index (χ2v) is 5.21. The van der Waals surface area contributed by atoms with Crippen LogP contribution in [0.15, 0.2) is 17.5 Å². The van der Waals surface area contributed by atoms with Crippen LogP contribution in [-0.4, -0.2) is 56.1 Å². The number of thiophene rings is 1. The standard InChI is InChI=1S/C14H21NO3S/c1-3-7-18-12-13(16)10-15(6-8-17-2)11-14-5-4-9-19-14/h1,4-5,9,13,16H,6-8,10-12H2,2H3/t13-/m1/s1. The molecule has 0 fully saturated rings. The van der Waals surface area contributed by atoms with E-state index in [1.54, 1.807) is 18.4 Å². The Balaban J connectivity index is 2.37. The van der Waals surface area contributed by atoms with Crippen molar-refractivity contribution in [1.29, 1.82) is 0 Å². The third kappa shape index (κ3) is 7.31. The largest absolute Gasteiger partial charge is 0.389 e. The van der Waals surface area contributed by atoms with Gasteiger partial charge in [-0.15, -0.1) is 17.8 Å². The van der Waals surface area contributed by atoms with Crippen molar-refractivity contribution >= 4 is 11.3 Å². The zero-order valence-electron chi connectivity index (χ0n) is 11.2. The van der Waals surface area contributed by atoms with Gasteiger partial charge in [-0.2, -0.15) is 0 Å². The monoisotopic (exact) mass is 283 g/mol. The van der Waals surface area contributed by atoms with Crippen LogP contribution < -0.4 is 0 Å². The average Bonchev–Trinajstić information content (AvgIpc) is 2.89. The lowest BCUT2D eigenvalue weighted by Gasteiger charge is -2.24. The number of rotatable bonds is 10. The zero-order valence-corrected chi connectivity index (χ0v) is 12.1. The van der Waals surface area contributed by atoms with Crippen LogP contribution in [0.3, 0.4) is 0 Å². The maximum atomic E-state index is 9.90. The summed E-state index contributed by atoms with van der Waals surface area (Å²) in [5.41, 5.74) is 0. The van der Waals surface area contributed by atoms with Crippen molar-refractivity contribution in [2.45, 2.75) is 12.6 Å². The average molecular weight is 283 g/mol. The van der Waals surface area contributed by atoms with Crippen LogP contribution >= 0.6 is 11.3 Å². The van der Waals surface area contributed by atoms with Gasteiger partial charge in [0.2, 0.25) is 0 Å². The maximum absolute atomic E-state index is 9.90. The molecule has 0 aliphatic heterocycles. The first kappa shape index (κ1) is 16.2. The fraction of sp³-hybridized carbons (Fsp3) is 0.571. The number of hydrogen-bond acceptors (Lipinski definition) is 5. The van der Waals surface area contributed by atoms with Gasteiger partial charge in [0.1, 0.15) is 6.61 Å². The number of methoxy groups -OCH3 is 1. The summed E-state index contributed by atoms with van der Waals surface area (Å²) in [6.45, 7) is 3.28. The molecule has 0 radical (unpaired) electrons. The Hall–Kier alpha value is -0.900. The first-order chi connectivity index (χ1) is 9.26. The summed E-state index contributed by atoms with van der Waals surface area (Å²) < 4.78 is 10.2. The van der Waals surface area contributed by atoms with E-state index in [0.717, 1.165) is 13.1 Å². The second-order valence-electron chi connectivity index (χ2n) is 4.18. The van der Waals surface area contributed by atoms with Gasteiger partial charge in [0.15, 0.2) is 0 Å². The molecule has 5 heteroatoms. The molecule has 1 atom stereocenters. The van der Waals surface area contributed by atoms with Gasteiger partial charge in [0, 0.05) is 31.6 Å². The van der Waals surface area contributed by atoms with E-state index in [-0.39, 0.29) is 13.2 Å². The molecule has 106 valence electrons. The van der Waals surface area contributed by atoms with Crippen molar-refractivity contribution in [3.63, 3.8) is 0 Å². The van der Waals surface area contributed by atoms with Gasteiger partial charge >= 0.3 is 0 Å². The Labute approximate surface area is 119 Å². The van der Waals surface area contributed by atoms with Crippen LogP contribution in [0, 0.1) is 12.3 Å². The van der Waals surface area contributed by atoms with Crippen LogP contribution in [0.5, 0.6) is 0 Å². The van der Waals surface area contributed by atoms with Crippen LogP contribution in [-0.2, 0) is 16.0 Å². The molecule has 0 spiro atoms. The van der Waals surface area contributed by atoms with E-state index in [1.807, 2.05) is 6.07 Å². The molecular weight excluding hydrogens is 262 g/mol. The minimum Gasteiger partial charge on any atom is -0.389 e. The number of nitrogens with zero attached hydrogens (tertiary/aromatic N) is 1. The molecule has 19 heavy (non-hydrogen) atoms. The van der Waals surface area contributed by atoms with Gasteiger partial charge in [-0.25, -0.2) is 0 Å². The SMILES string of the molecule is C#CCOC[C@H](O)CN(CCOC)Cc1cccs1. The first-order valence-corrected chi connectivity index (χ1v) is 7.07. The molecule has 1 rings (SSSR count). The smallest absolute Gasteiger partial charge is 0.107 e. The van der Waals surface area contributed by atoms with E-state index in [4.69, 9.17) is 15.9 Å². The molecule has 0 unspecified atom stereocenters. The minimum absolute atomic E-state index is 0.236. The fourth-order valence-electron chi connectivity index (χ4n) is 1.68. The summed E-state index contributed by atoms with van der Waals surface area (Å²) >= 11 is 1.71. The summed E-state index contributed by atoms with van der Waals surface area (Å²) in [5.74, 6) is 2.38. The van der Waals surface area contributed by atoms with Crippen molar-refractivity contribution in [2.75, 3.05) is 40.0 Å². The number of ether oxygens (including phenoxy) is 2. The zero-order chi connectivity index (χ0) is 13.9. The van der Waals surface area contributed by atoms with E-state index in [0.29, 0.717) is 13.2 Å². The highest BCUT2D eigenvalue weighted by atomic mass is 32.1. The lowest BCUT2D eigenvalue weighted by Crippen LogP contribution is -2.36. The molecule has 1 aromatic rings. The molecule has 0 saturated heterocycles. The van der Waals surface area contributed by atoms with Crippen LogP contribution in [0.2, 0.25) is 0 Å². The third-order valence-electron chi connectivity index (χ3n) is 2.54. The Bertz CT molecular complexity index is 361. The van der Waals surface area contributed by atoms with E-state index in [9.17, 15) is 5.11 Å². The number of terminal acetylenes is 1. The lowest BCUT2D eigenvalue weighted by molar-refractivity contribution is 0.0210. The third-order valence-corrected chi connectivity index (χ3v) is 3.40. The quantitative estimate of drug-likeness (QED) is 0.518. The summed E-state index contributed by atoms with van der Waals surface area (Å²) in [5, 5.41) is 12.0. The molecule has 1 aromatic heterocycles. The number of aliphatic hydroxyl groups excluding tert-OH is 1. The van der Waals surface area contributed by atoms with Gasteiger partial charge < -0.3 is 14.6 Å². The molecule has 1 heterocycles. The highest BCUT2D eigenvalue weighted by molar-refractivity contribution is 7.09. The molecule has 0 aromatic carbocycles. The van der Waals surface area contributed by atoms with E-state index < -0.39 is 6.10 Å². The Morgan fingerprint density at radius 1 is 1.58 bits per heavy atom. The van der Waals surface area contributed by atoms with Crippen LogP contribution in [0.25, 0.3) is 0 Å². The first-order valence-electron chi connectivity index (χ1n) is 6.19. The maximum Gasteiger partial charge on any atom is 0.107 e. The van der Waals surface area contributed by atoms with Crippen molar-refractivity contribution in [1.82, 2.24) is 4.90 Å². The second kappa shape index (κ2) is 9.96. The van der Waals surface area contributed by atoms with Gasteiger partial charge in [0.05, 0.1) is 19.3 Å². The molecule has 0 bridgehead atoms. The lowest BCUT2D eigenvalue weighted by atomic mass is 10.3. The highest BCUT2D eigenvalue weighted by Crippen LogP contribution is 2.12. The molecule has 0 amide bonds. The highest BCUT2D eigenvalue weighted by Gasteiger charge is 2.12. The fourth-order valence-corrected chi connectivity index (χ4v) is 2.43. The summed E-state index contributed by atoms with van der Waals surface area (Å²) in [6, 6.07) is 4.12. The normalized spacial score (nSPS) is 12.5. The van der Waals surface area contributed by atoms with Crippen molar-refractivity contribution in [2.24, 2.45) is 0 Å². The molecule has 0 aliphatic rings. The summed E-state index contributed by atoms with van der Waals surface area (Å²) in [4.78, 5) is 3.42. The van der Waals surface area contributed by atoms with Gasteiger partial charge in [-0.3, -0.25) is 4.90 Å². The van der Waals surface area contributed by atoms with Crippen LogP contribution in [0.1, 0.15) is 4.88 Å². The Morgan fingerprint density at radius 3 is 3.05 bits per heavy atom. The summed E-state index contributed by atoms with van der Waals surface area (Å²) in [6.07, 6.45) is 4.55. The van der Waals surface area contributed by atoms with Gasteiger partial charge in [-0.1, -0.05) is 12.0 Å². The molecule has 0 saturated carbocycles. The predicted octanol–water partition coefficient (Wildman–Crippen LogP) is 1.21. The topological polar surface area (TPSA) is 41.9 Å². The molecule has 1 N–H and O–H groups in total. The van der Waals surface area contributed by atoms with Gasteiger partial charge in [-0.05, 0) is 11.4 Å². The predicted molar refractivity (Wildman–Crippen MR) is 77.1 cm³/mol. The van der Waals surface area contributed by atoms with E-state index in [2.05, 4.69) is 22.3 Å². The molecule has 4 nitrogen and oxygen atoms in total. The van der Waals surface area contributed by atoms with Gasteiger partial charge in [0.25, 0.3) is 0 Å². The number of aliphatic hydroxyl groups is 1. The van der Waals surface area contributed by atoms with Crippen LogP contribution in [0.4, 0.5) is 0 Å².